The lowest BCUT2D eigenvalue weighted by Gasteiger charge is -2.12. The first-order valence-corrected chi connectivity index (χ1v) is 5.55. The summed E-state index contributed by atoms with van der Waals surface area (Å²) < 4.78 is 0. The molecular formula is C13H16O2. The van der Waals surface area contributed by atoms with Gasteiger partial charge in [-0.3, -0.25) is 0 Å². The number of hydrogen-bond donors (Lipinski definition) is 1. The second-order valence-corrected chi connectivity index (χ2v) is 4.25. The highest BCUT2D eigenvalue weighted by Gasteiger charge is 2.17. The largest absolute Gasteiger partial charge is 0.478 e. The van der Waals surface area contributed by atoms with E-state index in [0.717, 1.165) is 24.8 Å². The molecule has 1 aliphatic carbocycles. The van der Waals surface area contributed by atoms with Crippen molar-refractivity contribution < 1.29 is 9.90 Å². The quantitative estimate of drug-likeness (QED) is 0.714. The van der Waals surface area contributed by atoms with Crippen LogP contribution in [0.2, 0.25) is 0 Å². The van der Waals surface area contributed by atoms with Gasteiger partial charge >= 0.3 is 5.97 Å². The molecule has 0 spiro atoms. The first-order valence-electron chi connectivity index (χ1n) is 5.55. The molecule has 1 aliphatic rings. The Labute approximate surface area is 89.9 Å². The van der Waals surface area contributed by atoms with Crippen molar-refractivity contribution in [2.45, 2.75) is 39.0 Å². The standard InChI is InChI=1S/C13H16O2/c1-9-7-8-12(13(14)15)11-6-4-2-3-5-10(9)11/h7-8H,2-6H2,1H3,(H,14,15). The first kappa shape index (κ1) is 10.2. The van der Waals surface area contributed by atoms with Gasteiger partial charge in [-0.25, -0.2) is 4.79 Å². The average Bonchev–Trinajstić information content (AvgIpc) is 2.43. The van der Waals surface area contributed by atoms with Gasteiger partial charge in [-0.1, -0.05) is 12.5 Å². The van der Waals surface area contributed by atoms with Crippen molar-refractivity contribution in [1.82, 2.24) is 0 Å². The molecule has 0 bridgehead atoms. The number of aryl methyl sites for hydroxylation is 1. The molecule has 0 amide bonds. The van der Waals surface area contributed by atoms with Crippen LogP contribution in [0.3, 0.4) is 0 Å². The second-order valence-electron chi connectivity index (χ2n) is 4.25. The lowest BCUT2D eigenvalue weighted by Crippen LogP contribution is -2.06. The minimum absolute atomic E-state index is 0.512. The van der Waals surface area contributed by atoms with Crippen LogP contribution in [-0.4, -0.2) is 11.1 Å². The molecule has 0 radical (unpaired) electrons. The van der Waals surface area contributed by atoms with E-state index >= 15 is 0 Å². The van der Waals surface area contributed by atoms with E-state index in [0.29, 0.717) is 5.56 Å². The van der Waals surface area contributed by atoms with E-state index in [1.807, 2.05) is 6.07 Å². The van der Waals surface area contributed by atoms with Crippen molar-refractivity contribution in [2.24, 2.45) is 0 Å². The SMILES string of the molecule is Cc1ccc(C(=O)O)c2c1CCCCC2. The second kappa shape index (κ2) is 4.05. The normalized spacial score (nSPS) is 15.5. The third kappa shape index (κ3) is 1.89. The highest BCUT2D eigenvalue weighted by Crippen LogP contribution is 2.26. The van der Waals surface area contributed by atoms with Crippen LogP contribution in [0.4, 0.5) is 0 Å². The Kier molecular flexibility index (Phi) is 2.76. The number of carbonyl (C=O) groups is 1. The highest BCUT2D eigenvalue weighted by atomic mass is 16.4. The van der Waals surface area contributed by atoms with Crippen LogP contribution < -0.4 is 0 Å². The van der Waals surface area contributed by atoms with Crippen LogP contribution in [0.5, 0.6) is 0 Å². The summed E-state index contributed by atoms with van der Waals surface area (Å²) in [7, 11) is 0. The van der Waals surface area contributed by atoms with Gasteiger partial charge in [0.2, 0.25) is 0 Å². The molecule has 0 unspecified atom stereocenters. The van der Waals surface area contributed by atoms with Gasteiger partial charge in [-0.05, 0) is 55.4 Å². The van der Waals surface area contributed by atoms with E-state index in [9.17, 15) is 4.79 Å². The molecule has 1 aromatic carbocycles. The Bertz CT molecular complexity index is 394. The smallest absolute Gasteiger partial charge is 0.335 e. The summed E-state index contributed by atoms with van der Waals surface area (Å²) in [5.74, 6) is -0.784. The van der Waals surface area contributed by atoms with Gasteiger partial charge in [0.15, 0.2) is 0 Å². The Hall–Kier alpha value is -1.31. The van der Waals surface area contributed by atoms with Gasteiger partial charge in [0.25, 0.3) is 0 Å². The van der Waals surface area contributed by atoms with Crippen molar-refractivity contribution in [3.8, 4) is 0 Å². The zero-order valence-corrected chi connectivity index (χ0v) is 9.05. The van der Waals surface area contributed by atoms with Crippen molar-refractivity contribution in [3.63, 3.8) is 0 Å². The number of benzene rings is 1. The first-order chi connectivity index (χ1) is 7.20. The molecule has 0 heterocycles. The minimum Gasteiger partial charge on any atom is -0.478 e. The van der Waals surface area contributed by atoms with Crippen molar-refractivity contribution in [2.75, 3.05) is 0 Å². The number of carboxylic acid groups (broad SMARTS) is 1. The van der Waals surface area contributed by atoms with E-state index in [4.69, 9.17) is 5.11 Å². The maximum absolute atomic E-state index is 11.1. The van der Waals surface area contributed by atoms with Crippen LogP contribution in [0.15, 0.2) is 12.1 Å². The number of rotatable bonds is 1. The summed E-state index contributed by atoms with van der Waals surface area (Å²) in [6.07, 6.45) is 5.50. The summed E-state index contributed by atoms with van der Waals surface area (Å²) in [5, 5.41) is 9.12. The number of hydrogen-bond acceptors (Lipinski definition) is 1. The van der Waals surface area contributed by atoms with Gasteiger partial charge in [-0.15, -0.1) is 0 Å². The third-order valence-electron chi connectivity index (χ3n) is 3.25. The van der Waals surface area contributed by atoms with Gasteiger partial charge < -0.3 is 5.11 Å². The maximum Gasteiger partial charge on any atom is 0.335 e. The third-order valence-corrected chi connectivity index (χ3v) is 3.25. The molecule has 1 aromatic rings. The predicted molar refractivity (Wildman–Crippen MR) is 59.4 cm³/mol. The topological polar surface area (TPSA) is 37.3 Å². The van der Waals surface area contributed by atoms with Crippen LogP contribution in [0.25, 0.3) is 0 Å². The lowest BCUT2D eigenvalue weighted by molar-refractivity contribution is 0.0695. The fraction of sp³-hybridized carbons (Fsp3) is 0.462. The zero-order chi connectivity index (χ0) is 10.8. The molecule has 2 heteroatoms. The molecule has 15 heavy (non-hydrogen) atoms. The van der Waals surface area contributed by atoms with Gasteiger partial charge in [0.1, 0.15) is 0 Å². The number of fused-ring (bicyclic) bond motifs is 1. The van der Waals surface area contributed by atoms with Gasteiger partial charge in [0.05, 0.1) is 5.56 Å². The predicted octanol–water partition coefficient (Wildman–Crippen LogP) is 2.96. The molecule has 0 aromatic heterocycles. The average molecular weight is 204 g/mol. The molecule has 0 aliphatic heterocycles. The summed E-state index contributed by atoms with van der Waals surface area (Å²) >= 11 is 0. The minimum atomic E-state index is -0.784. The molecular weight excluding hydrogens is 188 g/mol. The molecule has 0 saturated carbocycles. The molecule has 1 N–H and O–H groups in total. The number of carboxylic acids is 1. The summed E-state index contributed by atoms with van der Waals surface area (Å²) in [6, 6.07) is 3.69. The molecule has 80 valence electrons. The van der Waals surface area contributed by atoms with Crippen molar-refractivity contribution in [3.05, 3.63) is 34.4 Å². The monoisotopic (exact) mass is 204 g/mol. The van der Waals surface area contributed by atoms with E-state index in [1.165, 1.54) is 24.0 Å². The molecule has 0 fully saturated rings. The fourth-order valence-electron chi connectivity index (χ4n) is 2.42. The van der Waals surface area contributed by atoms with Crippen LogP contribution in [-0.2, 0) is 12.8 Å². The Balaban J connectivity index is 2.56. The maximum atomic E-state index is 11.1. The zero-order valence-electron chi connectivity index (χ0n) is 9.05. The molecule has 0 atom stereocenters. The van der Waals surface area contributed by atoms with Crippen LogP contribution >= 0.6 is 0 Å². The highest BCUT2D eigenvalue weighted by molar-refractivity contribution is 5.90. The lowest BCUT2D eigenvalue weighted by atomic mass is 9.93. The van der Waals surface area contributed by atoms with Crippen LogP contribution in [0.1, 0.15) is 46.3 Å². The van der Waals surface area contributed by atoms with E-state index < -0.39 is 5.97 Å². The van der Waals surface area contributed by atoms with Gasteiger partial charge in [-0.2, -0.15) is 0 Å². The van der Waals surface area contributed by atoms with E-state index in [-0.39, 0.29) is 0 Å². The Morgan fingerprint density at radius 1 is 1.13 bits per heavy atom. The van der Waals surface area contributed by atoms with E-state index in [2.05, 4.69) is 6.92 Å². The number of aromatic carboxylic acids is 1. The Morgan fingerprint density at radius 2 is 1.80 bits per heavy atom. The van der Waals surface area contributed by atoms with Crippen molar-refractivity contribution >= 4 is 5.97 Å². The van der Waals surface area contributed by atoms with Crippen molar-refractivity contribution in [1.29, 1.82) is 0 Å². The molecule has 2 nitrogen and oxygen atoms in total. The fourth-order valence-corrected chi connectivity index (χ4v) is 2.42. The van der Waals surface area contributed by atoms with E-state index in [1.54, 1.807) is 6.07 Å². The van der Waals surface area contributed by atoms with Crippen LogP contribution in [0, 0.1) is 6.92 Å². The van der Waals surface area contributed by atoms with Gasteiger partial charge in [0, 0.05) is 0 Å². The summed E-state index contributed by atoms with van der Waals surface area (Å²) in [5.41, 5.74) is 4.13. The summed E-state index contributed by atoms with van der Waals surface area (Å²) in [4.78, 5) is 11.1. The summed E-state index contributed by atoms with van der Waals surface area (Å²) in [6.45, 7) is 2.08. The molecule has 2 rings (SSSR count). The molecule has 0 saturated heterocycles. The Morgan fingerprint density at radius 3 is 2.47 bits per heavy atom.